The number of carbonyl (C=O) groups is 1. The molecular weight excluding hydrogens is 283 g/mol. The lowest BCUT2D eigenvalue weighted by Crippen LogP contribution is -2.38. The number of amides is 1. The lowest BCUT2D eigenvalue weighted by Gasteiger charge is -2.27. The lowest BCUT2D eigenvalue weighted by molar-refractivity contribution is -0.137. The van der Waals surface area contributed by atoms with Crippen LogP contribution in [0.15, 0.2) is 36.7 Å². The fourth-order valence-electron chi connectivity index (χ4n) is 2.33. The first-order chi connectivity index (χ1) is 9.95. The highest BCUT2D eigenvalue weighted by Gasteiger charge is 2.30. The summed E-state index contributed by atoms with van der Waals surface area (Å²) in [7, 11) is 0. The molecule has 0 unspecified atom stereocenters. The molecule has 3 rings (SSSR count). The molecule has 0 aliphatic carbocycles. The summed E-state index contributed by atoms with van der Waals surface area (Å²) in [4.78, 5) is 18.0. The molecule has 0 saturated carbocycles. The average Bonchev–Trinajstić information content (AvgIpc) is 2.93. The molecule has 7 heteroatoms. The van der Waals surface area contributed by atoms with Gasteiger partial charge in [0.15, 0.2) is 0 Å². The van der Waals surface area contributed by atoms with Crippen molar-refractivity contribution in [3.8, 4) is 0 Å². The molecule has 0 N–H and O–H groups in total. The number of hydrogen-bond acceptors (Lipinski definition) is 2. The highest BCUT2D eigenvalue weighted by molar-refractivity contribution is 5.94. The van der Waals surface area contributed by atoms with Gasteiger partial charge in [-0.25, -0.2) is 4.98 Å². The Bertz CT molecular complexity index is 661. The first-order valence-electron chi connectivity index (χ1n) is 6.42. The van der Waals surface area contributed by atoms with Crippen LogP contribution < -0.4 is 0 Å². The van der Waals surface area contributed by atoms with Crippen molar-refractivity contribution in [2.45, 2.75) is 19.3 Å². The summed E-state index contributed by atoms with van der Waals surface area (Å²) in [6.45, 7) is 1.53. The number of fused-ring (bicyclic) bond motifs is 1. The van der Waals surface area contributed by atoms with E-state index in [0.29, 0.717) is 19.6 Å². The van der Waals surface area contributed by atoms with Crippen LogP contribution in [0.4, 0.5) is 13.2 Å². The predicted molar refractivity (Wildman–Crippen MR) is 68.4 cm³/mol. The van der Waals surface area contributed by atoms with Crippen LogP contribution in [-0.4, -0.2) is 26.9 Å². The monoisotopic (exact) mass is 295 g/mol. The van der Waals surface area contributed by atoms with Gasteiger partial charge in [0.05, 0.1) is 12.1 Å². The van der Waals surface area contributed by atoms with Crippen molar-refractivity contribution in [3.63, 3.8) is 0 Å². The SMILES string of the molecule is O=C(c1ccc(C(F)(F)F)cc1)N1CCn2ccnc2C1. The minimum Gasteiger partial charge on any atom is -0.332 e. The van der Waals surface area contributed by atoms with E-state index in [2.05, 4.69) is 4.98 Å². The minimum absolute atomic E-state index is 0.253. The van der Waals surface area contributed by atoms with Crippen LogP contribution >= 0.6 is 0 Å². The fraction of sp³-hybridized carbons (Fsp3) is 0.286. The number of alkyl halides is 3. The van der Waals surface area contributed by atoms with Crippen molar-refractivity contribution in [2.24, 2.45) is 0 Å². The second kappa shape index (κ2) is 4.91. The van der Waals surface area contributed by atoms with Crippen molar-refractivity contribution in [2.75, 3.05) is 6.54 Å². The summed E-state index contributed by atoms with van der Waals surface area (Å²) in [5.41, 5.74) is -0.503. The van der Waals surface area contributed by atoms with Gasteiger partial charge in [0.1, 0.15) is 5.82 Å². The summed E-state index contributed by atoms with van der Waals surface area (Å²) < 4.78 is 39.5. The summed E-state index contributed by atoms with van der Waals surface area (Å²) >= 11 is 0. The van der Waals surface area contributed by atoms with Gasteiger partial charge in [-0.15, -0.1) is 0 Å². The Morgan fingerprint density at radius 3 is 2.52 bits per heavy atom. The summed E-state index contributed by atoms with van der Waals surface area (Å²) in [6, 6.07) is 4.29. The summed E-state index contributed by atoms with van der Waals surface area (Å²) in [5, 5.41) is 0. The zero-order valence-electron chi connectivity index (χ0n) is 11.0. The second-order valence-corrected chi connectivity index (χ2v) is 4.84. The van der Waals surface area contributed by atoms with Crippen molar-refractivity contribution in [1.29, 1.82) is 0 Å². The van der Waals surface area contributed by atoms with Gasteiger partial charge in [0.2, 0.25) is 0 Å². The number of benzene rings is 1. The molecule has 0 radical (unpaired) electrons. The van der Waals surface area contributed by atoms with E-state index in [9.17, 15) is 18.0 Å². The lowest BCUT2D eigenvalue weighted by atomic mass is 10.1. The second-order valence-electron chi connectivity index (χ2n) is 4.84. The van der Waals surface area contributed by atoms with Gasteiger partial charge in [-0.3, -0.25) is 4.79 Å². The van der Waals surface area contributed by atoms with Gasteiger partial charge in [0, 0.05) is 31.0 Å². The van der Waals surface area contributed by atoms with Gasteiger partial charge in [-0.2, -0.15) is 13.2 Å². The van der Waals surface area contributed by atoms with Crippen LogP contribution in [0.3, 0.4) is 0 Å². The number of halogens is 3. The van der Waals surface area contributed by atoms with E-state index in [0.717, 1.165) is 18.0 Å². The molecule has 1 aliphatic rings. The van der Waals surface area contributed by atoms with Crippen molar-refractivity contribution in [3.05, 3.63) is 53.6 Å². The number of rotatable bonds is 1. The quantitative estimate of drug-likeness (QED) is 0.811. The summed E-state index contributed by atoms with van der Waals surface area (Å²) in [5.74, 6) is 0.500. The molecule has 110 valence electrons. The molecule has 4 nitrogen and oxygen atoms in total. The van der Waals surface area contributed by atoms with Crippen LogP contribution in [0.25, 0.3) is 0 Å². The number of imidazole rings is 1. The molecule has 1 aromatic carbocycles. The Morgan fingerprint density at radius 2 is 1.86 bits per heavy atom. The zero-order chi connectivity index (χ0) is 15.0. The highest BCUT2D eigenvalue weighted by Crippen LogP contribution is 2.29. The average molecular weight is 295 g/mol. The van der Waals surface area contributed by atoms with E-state index in [1.54, 1.807) is 11.1 Å². The van der Waals surface area contributed by atoms with Gasteiger partial charge in [-0.05, 0) is 24.3 Å². The zero-order valence-corrected chi connectivity index (χ0v) is 11.0. The molecule has 0 atom stereocenters. The van der Waals surface area contributed by atoms with Crippen molar-refractivity contribution >= 4 is 5.91 Å². The molecule has 1 aromatic heterocycles. The fourth-order valence-corrected chi connectivity index (χ4v) is 2.33. The molecule has 0 bridgehead atoms. The maximum atomic E-state index is 12.5. The highest BCUT2D eigenvalue weighted by atomic mass is 19.4. The van der Waals surface area contributed by atoms with E-state index in [1.165, 1.54) is 12.1 Å². The predicted octanol–water partition coefficient (Wildman–Crippen LogP) is 2.56. The van der Waals surface area contributed by atoms with E-state index < -0.39 is 11.7 Å². The molecule has 1 amide bonds. The molecule has 1 aliphatic heterocycles. The molecule has 21 heavy (non-hydrogen) atoms. The molecule has 2 aromatic rings. The third-order valence-corrected chi connectivity index (χ3v) is 3.49. The van der Waals surface area contributed by atoms with E-state index in [-0.39, 0.29) is 11.5 Å². The standard InChI is InChI=1S/C14H12F3N3O/c15-14(16,17)11-3-1-10(2-4-11)13(21)20-8-7-19-6-5-18-12(19)9-20/h1-6H,7-9H2. The van der Waals surface area contributed by atoms with Crippen LogP contribution in [0.1, 0.15) is 21.7 Å². The molecule has 0 fully saturated rings. The first-order valence-corrected chi connectivity index (χ1v) is 6.42. The van der Waals surface area contributed by atoms with E-state index in [4.69, 9.17) is 0 Å². The smallest absolute Gasteiger partial charge is 0.332 e. The largest absolute Gasteiger partial charge is 0.416 e. The molecule has 0 saturated heterocycles. The minimum atomic E-state index is -4.39. The normalized spacial score (nSPS) is 14.9. The Kier molecular flexibility index (Phi) is 3.19. The van der Waals surface area contributed by atoms with Crippen LogP contribution in [0, 0.1) is 0 Å². The van der Waals surface area contributed by atoms with Crippen LogP contribution in [0.2, 0.25) is 0 Å². The van der Waals surface area contributed by atoms with E-state index in [1.807, 2.05) is 10.8 Å². The number of nitrogens with zero attached hydrogens (tertiary/aromatic N) is 3. The Hall–Kier alpha value is -2.31. The third kappa shape index (κ3) is 2.63. The van der Waals surface area contributed by atoms with Crippen LogP contribution in [0.5, 0.6) is 0 Å². The number of carbonyl (C=O) groups excluding carboxylic acids is 1. The van der Waals surface area contributed by atoms with Gasteiger partial charge >= 0.3 is 6.18 Å². The topological polar surface area (TPSA) is 38.1 Å². The Labute approximate surface area is 118 Å². The van der Waals surface area contributed by atoms with Gasteiger partial charge in [-0.1, -0.05) is 0 Å². The summed E-state index contributed by atoms with van der Waals surface area (Å²) in [6.07, 6.45) is -0.881. The maximum Gasteiger partial charge on any atom is 0.416 e. The Balaban J connectivity index is 1.77. The third-order valence-electron chi connectivity index (χ3n) is 3.49. The van der Waals surface area contributed by atoms with Gasteiger partial charge in [0.25, 0.3) is 5.91 Å². The number of aromatic nitrogens is 2. The molecular formula is C14H12F3N3O. The number of hydrogen-bond donors (Lipinski definition) is 0. The first kappa shape index (κ1) is 13.7. The molecule has 2 heterocycles. The van der Waals surface area contributed by atoms with Crippen LogP contribution in [-0.2, 0) is 19.3 Å². The molecule has 0 spiro atoms. The Morgan fingerprint density at radius 1 is 1.14 bits per heavy atom. The van der Waals surface area contributed by atoms with Gasteiger partial charge < -0.3 is 9.47 Å². The van der Waals surface area contributed by atoms with Crippen molar-refractivity contribution in [1.82, 2.24) is 14.5 Å². The van der Waals surface area contributed by atoms with E-state index >= 15 is 0 Å². The maximum absolute atomic E-state index is 12.5. The van der Waals surface area contributed by atoms with Crippen molar-refractivity contribution < 1.29 is 18.0 Å².